The van der Waals surface area contributed by atoms with E-state index in [2.05, 4.69) is 4.98 Å². The minimum atomic E-state index is -0.815. The Morgan fingerprint density at radius 1 is 1.47 bits per heavy atom. The number of pyridine rings is 1. The molecule has 0 bridgehead atoms. The molecule has 0 unspecified atom stereocenters. The topological polar surface area (TPSA) is 54.6 Å². The maximum atomic E-state index is 10.4. The van der Waals surface area contributed by atoms with Gasteiger partial charge in [-0.1, -0.05) is 11.6 Å². The molecule has 2 aromatic heterocycles. The summed E-state index contributed by atoms with van der Waals surface area (Å²) < 4.78 is 1.79. The van der Waals surface area contributed by atoms with Crippen LogP contribution in [0.1, 0.15) is 12.1 Å². The van der Waals surface area contributed by atoms with Crippen molar-refractivity contribution in [3.8, 4) is 0 Å². The van der Waals surface area contributed by atoms with Crippen LogP contribution >= 0.6 is 11.6 Å². The number of imidazole rings is 1. The van der Waals surface area contributed by atoms with Gasteiger partial charge >= 0.3 is 5.97 Å². The van der Waals surface area contributed by atoms with E-state index in [1.807, 2.05) is 0 Å². The predicted molar refractivity (Wildman–Crippen MR) is 56.2 cm³/mol. The summed E-state index contributed by atoms with van der Waals surface area (Å²) in [5, 5.41) is 9.17. The lowest BCUT2D eigenvalue weighted by Crippen LogP contribution is -1.97. The van der Waals surface area contributed by atoms with Crippen molar-refractivity contribution in [3.05, 3.63) is 35.2 Å². The molecule has 78 valence electrons. The number of carboxylic acid groups (broad SMARTS) is 1. The summed E-state index contributed by atoms with van der Waals surface area (Å²) in [6.45, 7) is 0. The molecule has 0 aliphatic carbocycles. The van der Waals surface area contributed by atoms with Crippen LogP contribution in [0.25, 0.3) is 5.65 Å². The van der Waals surface area contributed by atoms with Gasteiger partial charge in [0.25, 0.3) is 0 Å². The van der Waals surface area contributed by atoms with Crippen molar-refractivity contribution in [1.82, 2.24) is 9.38 Å². The van der Waals surface area contributed by atoms with Crippen molar-refractivity contribution in [2.24, 2.45) is 0 Å². The molecule has 0 spiro atoms. The molecule has 2 heterocycles. The molecule has 2 rings (SSSR count). The molecule has 0 saturated heterocycles. The molecule has 4 nitrogen and oxygen atoms in total. The molecule has 0 fully saturated rings. The molecule has 0 aliphatic rings. The predicted octanol–water partition coefficient (Wildman–Crippen LogP) is 2.00. The van der Waals surface area contributed by atoms with E-state index in [0.717, 1.165) is 11.3 Å². The van der Waals surface area contributed by atoms with E-state index in [9.17, 15) is 4.79 Å². The highest BCUT2D eigenvalue weighted by molar-refractivity contribution is 6.30. The van der Waals surface area contributed by atoms with Gasteiger partial charge in [0.2, 0.25) is 0 Å². The minimum absolute atomic E-state index is 0.0949. The zero-order valence-corrected chi connectivity index (χ0v) is 8.61. The first kappa shape index (κ1) is 9.98. The second-order valence-corrected chi connectivity index (χ2v) is 3.68. The number of rotatable bonds is 3. The van der Waals surface area contributed by atoms with Crippen molar-refractivity contribution < 1.29 is 9.90 Å². The second-order valence-electron chi connectivity index (χ2n) is 3.24. The molecule has 0 atom stereocenters. The first-order valence-electron chi connectivity index (χ1n) is 4.50. The highest BCUT2D eigenvalue weighted by atomic mass is 35.5. The summed E-state index contributed by atoms with van der Waals surface area (Å²) in [6, 6.07) is 3.55. The van der Waals surface area contributed by atoms with Gasteiger partial charge in [0.1, 0.15) is 5.65 Å². The molecule has 0 aliphatic heterocycles. The van der Waals surface area contributed by atoms with Crippen LogP contribution in [0, 0.1) is 0 Å². The normalized spacial score (nSPS) is 10.7. The van der Waals surface area contributed by atoms with Gasteiger partial charge < -0.3 is 9.51 Å². The molecule has 2 aromatic rings. The van der Waals surface area contributed by atoms with E-state index in [0.29, 0.717) is 11.4 Å². The number of carbonyl (C=O) groups is 1. The summed E-state index contributed by atoms with van der Waals surface area (Å²) in [7, 11) is 0. The maximum Gasteiger partial charge on any atom is 0.303 e. The quantitative estimate of drug-likeness (QED) is 0.868. The van der Waals surface area contributed by atoms with Gasteiger partial charge in [0.05, 0.1) is 17.1 Å². The molecular weight excluding hydrogens is 216 g/mol. The summed E-state index contributed by atoms with van der Waals surface area (Å²) in [5.74, 6) is -0.815. The molecule has 15 heavy (non-hydrogen) atoms. The van der Waals surface area contributed by atoms with Crippen LogP contribution in [-0.2, 0) is 11.2 Å². The Morgan fingerprint density at radius 3 is 3.00 bits per heavy atom. The van der Waals surface area contributed by atoms with E-state index in [1.54, 1.807) is 28.9 Å². The average molecular weight is 225 g/mol. The Kier molecular flexibility index (Phi) is 2.60. The number of aliphatic carboxylic acids is 1. The summed E-state index contributed by atoms with van der Waals surface area (Å²) in [5.41, 5.74) is 1.54. The molecule has 5 heteroatoms. The van der Waals surface area contributed by atoms with Crippen LogP contribution in [0.4, 0.5) is 0 Å². The van der Waals surface area contributed by atoms with Crippen LogP contribution in [0.3, 0.4) is 0 Å². The van der Waals surface area contributed by atoms with Crippen LogP contribution in [0.15, 0.2) is 24.5 Å². The van der Waals surface area contributed by atoms with Crippen LogP contribution < -0.4 is 0 Å². The van der Waals surface area contributed by atoms with Gasteiger partial charge in [-0.25, -0.2) is 4.98 Å². The Balaban J connectivity index is 2.27. The summed E-state index contributed by atoms with van der Waals surface area (Å²) in [4.78, 5) is 14.7. The SMILES string of the molecule is O=C(O)CCc1cn2cc(Cl)ccc2n1. The highest BCUT2D eigenvalue weighted by Crippen LogP contribution is 2.12. The largest absolute Gasteiger partial charge is 0.481 e. The van der Waals surface area contributed by atoms with Crippen LogP contribution in [0.2, 0.25) is 5.02 Å². The number of hydrogen-bond acceptors (Lipinski definition) is 2. The van der Waals surface area contributed by atoms with Crippen LogP contribution in [-0.4, -0.2) is 20.5 Å². The van der Waals surface area contributed by atoms with E-state index >= 15 is 0 Å². The first-order chi connectivity index (χ1) is 7.15. The fraction of sp³-hybridized carbons (Fsp3) is 0.200. The minimum Gasteiger partial charge on any atom is -0.481 e. The third kappa shape index (κ3) is 2.27. The molecule has 0 aromatic carbocycles. The number of halogens is 1. The van der Waals surface area contributed by atoms with E-state index in [1.165, 1.54) is 0 Å². The number of aryl methyl sites for hydroxylation is 1. The average Bonchev–Trinajstić information content (AvgIpc) is 2.56. The lowest BCUT2D eigenvalue weighted by atomic mass is 10.2. The van der Waals surface area contributed by atoms with E-state index < -0.39 is 5.97 Å². The van der Waals surface area contributed by atoms with Crippen molar-refractivity contribution in [2.45, 2.75) is 12.8 Å². The van der Waals surface area contributed by atoms with Gasteiger partial charge in [-0.05, 0) is 12.1 Å². The van der Waals surface area contributed by atoms with Crippen LogP contribution in [0.5, 0.6) is 0 Å². The lowest BCUT2D eigenvalue weighted by molar-refractivity contribution is -0.136. The highest BCUT2D eigenvalue weighted by Gasteiger charge is 2.04. The zero-order valence-electron chi connectivity index (χ0n) is 7.85. The van der Waals surface area contributed by atoms with Gasteiger partial charge in [0, 0.05) is 18.8 Å². The van der Waals surface area contributed by atoms with Crippen molar-refractivity contribution >= 4 is 23.2 Å². The smallest absolute Gasteiger partial charge is 0.303 e. The summed E-state index contributed by atoms with van der Waals surface area (Å²) in [6.07, 6.45) is 4.07. The Bertz CT molecular complexity index is 507. The van der Waals surface area contributed by atoms with Gasteiger partial charge in [-0.3, -0.25) is 4.79 Å². The van der Waals surface area contributed by atoms with Crippen molar-refractivity contribution in [3.63, 3.8) is 0 Å². The lowest BCUT2D eigenvalue weighted by Gasteiger charge is -1.91. The van der Waals surface area contributed by atoms with Crippen molar-refractivity contribution in [2.75, 3.05) is 0 Å². The fourth-order valence-electron chi connectivity index (χ4n) is 1.37. The molecule has 1 N–H and O–H groups in total. The fourth-order valence-corrected chi connectivity index (χ4v) is 1.54. The molecule has 0 radical (unpaired) electrons. The first-order valence-corrected chi connectivity index (χ1v) is 4.88. The number of nitrogens with zero attached hydrogens (tertiary/aromatic N) is 2. The third-order valence-corrected chi connectivity index (χ3v) is 2.28. The van der Waals surface area contributed by atoms with Gasteiger partial charge in [-0.2, -0.15) is 0 Å². The molecule has 0 amide bonds. The van der Waals surface area contributed by atoms with E-state index in [4.69, 9.17) is 16.7 Å². The van der Waals surface area contributed by atoms with Gasteiger partial charge in [0.15, 0.2) is 0 Å². The second kappa shape index (κ2) is 3.90. The Morgan fingerprint density at radius 2 is 2.27 bits per heavy atom. The number of aromatic nitrogens is 2. The number of hydrogen-bond donors (Lipinski definition) is 1. The van der Waals surface area contributed by atoms with Crippen molar-refractivity contribution in [1.29, 1.82) is 0 Å². The standard InChI is InChI=1S/C10H9ClN2O2/c11-7-1-3-9-12-8(2-4-10(14)15)6-13(9)5-7/h1,3,5-6H,2,4H2,(H,14,15). The Hall–Kier alpha value is -1.55. The van der Waals surface area contributed by atoms with Gasteiger partial charge in [-0.15, -0.1) is 0 Å². The monoisotopic (exact) mass is 224 g/mol. The molecular formula is C10H9ClN2O2. The third-order valence-electron chi connectivity index (χ3n) is 2.06. The number of fused-ring (bicyclic) bond motifs is 1. The van der Waals surface area contributed by atoms with E-state index in [-0.39, 0.29) is 6.42 Å². The zero-order chi connectivity index (χ0) is 10.8. The summed E-state index contributed by atoms with van der Waals surface area (Å²) >= 11 is 5.81. The Labute approximate surface area is 91.1 Å². The molecule has 0 saturated carbocycles. The number of carboxylic acids is 1. The maximum absolute atomic E-state index is 10.4.